The highest BCUT2D eigenvalue weighted by Crippen LogP contribution is 2.29. The zero-order valence-electron chi connectivity index (χ0n) is 11.7. The highest BCUT2D eigenvalue weighted by molar-refractivity contribution is 7.91. The Morgan fingerprint density at radius 2 is 2.00 bits per heavy atom. The van der Waals surface area contributed by atoms with Crippen LogP contribution in [0.3, 0.4) is 0 Å². The van der Waals surface area contributed by atoms with Crippen LogP contribution in [0.2, 0.25) is 10.0 Å². The van der Waals surface area contributed by atoms with Crippen molar-refractivity contribution in [1.29, 1.82) is 0 Å². The quantitative estimate of drug-likeness (QED) is 0.906. The average molecular weight is 360 g/mol. The number of rotatable bonds is 4. The molecule has 1 atom stereocenters. The molecule has 1 aromatic carbocycles. The highest BCUT2D eigenvalue weighted by Gasteiger charge is 2.27. The summed E-state index contributed by atoms with van der Waals surface area (Å²) >= 11 is 11.9. The predicted octanol–water partition coefficient (Wildman–Crippen LogP) is 3.53. The van der Waals surface area contributed by atoms with Gasteiger partial charge in [-0.15, -0.1) is 0 Å². The lowest BCUT2D eigenvalue weighted by atomic mass is 10.2. The minimum absolute atomic E-state index is 0.00327. The molecule has 0 radical (unpaired) electrons. The van der Waals surface area contributed by atoms with Gasteiger partial charge in [-0.05, 0) is 36.8 Å². The van der Waals surface area contributed by atoms with Gasteiger partial charge in [0.15, 0.2) is 9.84 Å². The van der Waals surface area contributed by atoms with Crippen molar-refractivity contribution >= 4 is 33.0 Å². The first-order valence-corrected chi connectivity index (χ1v) is 9.49. The summed E-state index contributed by atoms with van der Waals surface area (Å²) in [6, 6.07) is 9.06. The normalized spacial score (nSPS) is 20.4. The fourth-order valence-electron chi connectivity index (χ4n) is 2.48. The fourth-order valence-corrected chi connectivity index (χ4v) is 4.48. The van der Waals surface area contributed by atoms with E-state index in [1.807, 2.05) is 18.2 Å². The first kappa shape index (κ1) is 15.9. The van der Waals surface area contributed by atoms with Gasteiger partial charge in [0.2, 0.25) is 0 Å². The molecule has 4 nitrogen and oxygen atoms in total. The molecule has 0 saturated carbocycles. The van der Waals surface area contributed by atoms with Crippen molar-refractivity contribution in [3.63, 3.8) is 0 Å². The van der Waals surface area contributed by atoms with E-state index >= 15 is 0 Å². The summed E-state index contributed by atoms with van der Waals surface area (Å²) in [5.41, 5.74) is 0.851. The number of benzene rings is 1. The fraction of sp³-hybridized carbons (Fsp3) is 0.333. The van der Waals surface area contributed by atoms with E-state index in [1.165, 1.54) is 0 Å². The zero-order chi connectivity index (χ0) is 15.7. The van der Waals surface area contributed by atoms with Crippen molar-refractivity contribution in [2.75, 3.05) is 11.5 Å². The zero-order valence-corrected chi connectivity index (χ0v) is 14.0. The molecule has 1 saturated heterocycles. The lowest BCUT2D eigenvalue weighted by molar-refractivity contribution is 0.464. The number of furan rings is 1. The van der Waals surface area contributed by atoms with Gasteiger partial charge in [-0.2, -0.15) is 0 Å². The first-order valence-electron chi connectivity index (χ1n) is 6.91. The minimum atomic E-state index is -2.87. The van der Waals surface area contributed by atoms with Gasteiger partial charge in [0, 0.05) is 11.6 Å². The Hall–Kier alpha value is -1.01. The van der Waals surface area contributed by atoms with Gasteiger partial charge in [0.1, 0.15) is 11.5 Å². The summed E-state index contributed by atoms with van der Waals surface area (Å²) in [6.45, 7) is 0.501. The van der Waals surface area contributed by atoms with Crippen LogP contribution in [0, 0.1) is 0 Å². The van der Waals surface area contributed by atoms with E-state index in [1.54, 1.807) is 12.1 Å². The Bertz CT molecular complexity index is 786. The number of hydrogen-bond acceptors (Lipinski definition) is 4. The van der Waals surface area contributed by atoms with Crippen LogP contribution in [0.15, 0.2) is 34.7 Å². The third-order valence-electron chi connectivity index (χ3n) is 3.66. The molecule has 1 N–H and O–H groups in total. The van der Waals surface area contributed by atoms with Crippen molar-refractivity contribution in [1.82, 2.24) is 5.32 Å². The monoisotopic (exact) mass is 359 g/mol. The SMILES string of the molecule is O=S1(=O)CC[C@@H](NCc2ccc(-c3ccc(Cl)c(Cl)c3)o2)C1. The van der Waals surface area contributed by atoms with Crippen LogP contribution in [0.1, 0.15) is 12.2 Å². The standard InChI is InChI=1S/C15H15Cl2NO3S/c16-13-3-1-10(7-14(13)17)15-4-2-12(21-15)8-18-11-5-6-22(19,20)9-11/h1-4,7,11,18H,5-6,8-9H2/t11-/m1/s1. The minimum Gasteiger partial charge on any atom is -0.460 e. The second-order valence-corrected chi connectivity index (χ2v) is 8.42. The van der Waals surface area contributed by atoms with E-state index in [9.17, 15) is 8.42 Å². The summed E-state index contributed by atoms with van der Waals surface area (Å²) in [6.07, 6.45) is 0.655. The van der Waals surface area contributed by atoms with E-state index in [0.717, 1.165) is 11.3 Å². The van der Waals surface area contributed by atoms with Gasteiger partial charge in [-0.1, -0.05) is 23.2 Å². The van der Waals surface area contributed by atoms with Gasteiger partial charge in [-0.25, -0.2) is 8.42 Å². The Labute approximate surface area is 139 Å². The van der Waals surface area contributed by atoms with Gasteiger partial charge >= 0.3 is 0 Å². The molecule has 3 rings (SSSR count). The van der Waals surface area contributed by atoms with Crippen LogP contribution in [0.5, 0.6) is 0 Å². The van der Waals surface area contributed by atoms with Crippen LogP contribution < -0.4 is 5.32 Å². The molecule has 0 amide bonds. The van der Waals surface area contributed by atoms with Crippen molar-refractivity contribution in [2.24, 2.45) is 0 Å². The van der Waals surface area contributed by atoms with E-state index in [0.29, 0.717) is 28.8 Å². The molecule has 2 heterocycles. The summed E-state index contributed by atoms with van der Waals surface area (Å²) in [7, 11) is -2.87. The topological polar surface area (TPSA) is 59.3 Å². The molecular formula is C15H15Cl2NO3S. The Kier molecular flexibility index (Phi) is 4.50. The maximum absolute atomic E-state index is 11.4. The predicted molar refractivity (Wildman–Crippen MR) is 88.1 cm³/mol. The second-order valence-electron chi connectivity index (χ2n) is 5.38. The molecule has 2 aromatic rings. The number of sulfone groups is 1. The molecule has 1 aromatic heterocycles. The largest absolute Gasteiger partial charge is 0.460 e. The maximum atomic E-state index is 11.4. The van der Waals surface area contributed by atoms with Gasteiger partial charge < -0.3 is 9.73 Å². The lowest BCUT2D eigenvalue weighted by Gasteiger charge is -2.08. The molecule has 0 aliphatic carbocycles. The molecule has 22 heavy (non-hydrogen) atoms. The van der Waals surface area contributed by atoms with Crippen LogP contribution in [-0.4, -0.2) is 26.0 Å². The molecule has 0 bridgehead atoms. The number of halogens is 2. The summed E-state index contributed by atoms with van der Waals surface area (Å²) in [5.74, 6) is 1.92. The van der Waals surface area contributed by atoms with E-state index in [-0.39, 0.29) is 17.5 Å². The van der Waals surface area contributed by atoms with Crippen molar-refractivity contribution in [3.05, 3.63) is 46.1 Å². The molecule has 0 unspecified atom stereocenters. The molecule has 1 fully saturated rings. The Morgan fingerprint density at radius 1 is 1.18 bits per heavy atom. The van der Waals surface area contributed by atoms with Crippen LogP contribution in [-0.2, 0) is 16.4 Å². The van der Waals surface area contributed by atoms with Crippen LogP contribution in [0.4, 0.5) is 0 Å². The summed E-state index contributed by atoms with van der Waals surface area (Å²) in [4.78, 5) is 0. The van der Waals surface area contributed by atoms with Gasteiger partial charge in [0.25, 0.3) is 0 Å². The number of hydrogen-bond donors (Lipinski definition) is 1. The maximum Gasteiger partial charge on any atom is 0.151 e. The lowest BCUT2D eigenvalue weighted by Crippen LogP contribution is -2.29. The van der Waals surface area contributed by atoms with E-state index in [2.05, 4.69) is 5.32 Å². The molecule has 1 aliphatic rings. The highest BCUT2D eigenvalue weighted by atomic mass is 35.5. The second kappa shape index (κ2) is 6.24. The summed E-state index contributed by atoms with van der Waals surface area (Å²) in [5, 5.41) is 4.20. The van der Waals surface area contributed by atoms with E-state index in [4.69, 9.17) is 27.6 Å². The van der Waals surface area contributed by atoms with Gasteiger partial charge in [0.05, 0.1) is 28.1 Å². The molecule has 7 heteroatoms. The molecular weight excluding hydrogens is 345 g/mol. The van der Waals surface area contributed by atoms with Crippen LogP contribution >= 0.6 is 23.2 Å². The van der Waals surface area contributed by atoms with Crippen molar-refractivity contribution < 1.29 is 12.8 Å². The van der Waals surface area contributed by atoms with E-state index < -0.39 is 9.84 Å². The van der Waals surface area contributed by atoms with Crippen molar-refractivity contribution in [2.45, 2.75) is 19.0 Å². The smallest absolute Gasteiger partial charge is 0.151 e. The Balaban J connectivity index is 1.65. The third-order valence-corrected chi connectivity index (χ3v) is 6.17. The number of nitrogens with one attached hydrogen (secondary N) is 1. The molecule has 1 aliphatic heterocycles. The summed E-state index contributed by atoms with van der Waals surface area (Å²) < 4.78 is 28.6. The third kappa shape index (κ3) is 3.66. The first-order chi connectivity index (χ1) is 10.4. The van der Waals surface area contributed by atoms with Gasteiger partial charge in [-0.3, -0.25) is 0 Å². The molecule has 118 valence electrons. The molecule has 0 spiro atoms. The average Bonchev–Trinajstić information content (AvgIpc) is 3.06. The Morgan fingerprint density at radius 3 is 2.68 bits per heavy atom. The van der Waals surface area contributed by atoms with Crippen LogP contribution in [0.25, 0.3) is 11.3 Å². The van der Waals surface area contributed by atoms with Crippen molar-refractivity contribution in [3.8, 4) is 11.3 Å².